The lowest BCUT2D eigenvalue weighted by atomic mass is 10.1. The molecular formula is C17H17NOS2. The Bertz CT molecular complexity index is 810. The van der Waals surface area contributed by atoms with Crippen LogP contribution in [0.3, 0.4) is 0 Å². The molecule has 1 aliphatic heterocycles. The van der Waals surface area contributed by atoms with Gasteiger partial charge in [-0.2, -0.15) is 0 Å². The summed E-state index contributed by atoms with van der Waals surface area (Å²) in [6.45, 7) is 4.05. The number of thioether (sulfide) groups is 1. The lowest BCUT2D eigenvalue weighted by Gasteiger charge is -2.12. The normalized spacial score (nSPS) is 11.3. The van der Waals surface area contributed by atoms with Gasteiger partial charge in [-0.1, -0.05) is 25.5 Å². The van der Waals surface area contributed by atoms with E-state index in [1.165, 1.54) is 0 Å². The monoisotopic (exact) mass is 315 g/mol. The van der Waals surface area contributed by atoms with Crippen molar-refractivity contribution in [2.75, 3.05) is 5.75 Å². The molecule has 1 heterocycles. The maximum Gasteiger partial charge on any atom is 0.196 e. The molecule has 0 saturated carbocycles. The van der Waals surface area contributed by atoms with Gasteiger partial charge in [0.1, 0.15) is 0 Å². The lowest BCUT2D eigenvalue weighted by molar-refractivity contribution is 0.896. The number of para-hydroxylation sites is 1. The van der Waals surface area contributed by atoms with E-state index in [2.05, 4.69) is 13.0 Å². The molecule has 1 aromatic carbocycles. The highest BCUT2D eigenvalue weighted by Crippen LogP contribution is 2.37. The van der Waals surface area contributed by atoms with Crippen LogP contribution in [0.25, 0.3) is 20.8 Å². The van der Waals surface area contributed by atoms with E-state index in [0.29, 0.717) is 0 Å². The Morgan fingerprint density at radius 1 is 1.29 bits per heavy atom. The third-order valence-electron chi connectivity index (χ3n) is 3.42. The fourth-order valence-electron chi connectivity index (χ4n) is 2.24. The molecule has 2 aliphatic rings. The van der Waals surface area contributed by atoms with Gasteiger partial charge in [-0.3, -0.25) is 4.79 Å². The van der Waals surface area contributed by atoms with Gasteiger partial charge in [-0.25, -0.2) is 4.98 Å². The number of hydrogen-bond donors (Lipinski definition) is 0. The van der Waals surface area contributed by atoms with Gasteiger partial charge < -0.3 is 0 Å². The molecule has 0 bridgehead atoms. The fourth-order valence-corrected chi connectivity index (χ4v) is 4.69. The van der Waals surface area contributed by atoms with Gasteiger partial charge in [-0.05, 0) is 42.9 Å². The van der Waals surface area contributed by atoms with Crippen molar-refractivity contribution in [3.05, 3.63) is 46.1 Å². The second kappa shape index (κ2) is 6.16. The summed E-state index contributed by atoms with van der Waals surface area (Å²) in [5.41, 5.74) is 2.89. The zero-order valence-corrected chi connectivity index (χ0v) is 13.8. The molecule has 0 amide bonds. The molecule has 0 spiro atoms. The highest BCUT2D eigenvalue weighted by Gasteiger charge is 2.17. The van der Waals surface area contributed by atoms with E-state index in [1.807, 2.05) is 31.2 Å². The number of rotatable bonds is 4. The van der Waals surface area contributed by atoms with Crippen LogP contribution in [0, 0.1) is 6.92 Å². The topological polar surface area (TPSA) is 30.0 Å². The second-order valence-electron chi connectivity index (χ2n) is 5.08. The van der Waals surface area contributed by atoms with Gasteiger partial charge in [0, 0.05) is 0 Å². The van der Waals surface area contributed by atoms with Crippen molar-refractivity contribution in [2.45, 2.75) is 31.6 Å². The minimum absolute atomic E-state index is 0.164. The number of unbranched alkanes of at least 4 members (excludes halogenated alkanes) is 1. The molecular weight excluding hydrogens is 298 g/mol. The number of fused-ring (bicyclic) bond motifs is 2. The number of hydrogen-bond acceptors (Lipinski definition) is 4. The maximum atomic E-state index is 12.5. The smallest absolute Gasteiger partial charge is 0.196 e. The van der Waals surface area contributed by atoms with Gasteiger partial charge in [-0.15, -0.1) is 23.1 Å². The Morgan fingerprint density at radius 3 is 2.90 bits per heavy atom. The van der Waals surface area contributed by atoms with Gasteiger partial charge in [0.2, 0.25) is 0 Å². The molecule has 0 N–H and O–H groups in total. The molecule has 4 heteroatoms. The largest absolute Gasteiger partial charge is 0.288 e. The molecule has 0 radical (unpaired) electrons. The standard InChI is InChI=1S/C17H17NOS2/c1-3-4-9-20-17-15(19)11(2)10-13-16(17)21-14-8-6-5-7-12(14)18-13/h5-8,10H,3-4,9H2,1-2H3. The van der Waals surface area contributed by atoms with Crippen molar-refractivity contribution < 1.29 is 0 Å². The molecule has 21 heavy (non-hydrogen) atoms. The molecule has 0 saturated heterocycles. The zero-order chi connectivity index (χ0) is 14.8. The summed E-state index contributed by atoms with van der Waals surface area (Å²) in [7, 11) is 0. The van der Waals surface area contributed by atoms with E-state index in [9.17, 15) is 4.79 Å². The predicted molar refractivity (Wildman–Crippen MR) is 92.9 cm³/mol. The van der Waals surface area contributed by atoms with Gasteiger partial charge in [0.25, 0.3) is 0 Å². The third kappa shape index (κ3) is 2.83. The Kier molecular flexibility index (Phi) is 4.27. The summed E-state index contributed by atoms with van der Waals surface area (Å²) in [6.07, 6.45) is 2.28. The second-order valence-corrected chi connectivity index (χ2v) is 7.24. The van der Waals surface area contributed by atoms with Crippen LogP contribution in [-0.4, -0.2) is 10.7 Å². The van der Waals surface area contributed by atoms with E-state index in [-0.39, 0.29) is 5.43 Å². The minimum Gasteiger partial charge on any atom is -0.288 e. The predicted octanol–water partition coefficient (Wildman–Crippen LogP) is 4.96. The average molecular weight is 315 g/mol. The van der Waals surface area contributed by atoms with E-state index in [1.54, 1.807) is 23.1 Å². The van der Waals surface area contributed by atoms with Gasteiger partial charge >= 0.3 is 0 Å². The molecule has 108 valence electrons. The summed E-state index contributed by atoms with van der Waals surface area (Å²) in [5.74, 6) is 0.990. The molecule has 2 nitrogen and oxygen atoms in total. The summed E-state index contributed by atoms with van der Waals surface area (Å²) in [4.78, 5) is 19.1. The van der Waals surface area contributed by atoms with E-state index < -0.39 is 0 Å². The quantitative estimate of drug-likeness (QED) is 0.387. The van der Waals surface area contributed by atoms with Crippen LogP contribution >= 0.6 is 23.1 Å². The van der Waals surface area contributed by atoms with Crippen molar-refractivity contribution in [1.29, 1.82) is 0 Å². The summed E-state index contributed by atoms with van der Waals surface area (Å²) in [5, 5.41) is 0. The Hall–Kier alpha value is -1.39. The Morgan fingerprint density at radius 2 is 2.10 bits per heavy atom. The molecule has 3 rings (SSSR count). The van der Waals surface area contributed by atoms with Crippen LogP contribution in [-0.2, 0) is 0 Å². The van der Waals surface area contributed by atoms with Gasteiger partial charge in [0.15, 0.2) is 5.43 Å². The minimum atomic E-state index is 0.164. The van der Waals surface area contributed by atoms with Crippen LogP contribution in [0.15, 0.2) is 40.0 Å². The van der Waals surface area contributed by atoms with Crippen molar-refractivity contribution in [3.8, 4) is 10.6 Å². The SMILES string of the molecule is CCCCSc1c2sc3ccccc3nc-2cc(C)c1=O. The maximum absolute atomic E-state index is 12.5. The first kappa shape index (κ1) is 14.5. The third-order valence-corrected chi connectivity index (χ3v) is 5.90. The van der Waals surface area contributed by atoms with Crippen molar-refractivity contribution in [2.24, 2.45) is 0 Å². The van der Waals surface area contributed by atoms with Crippen molar-refractivity contribution in [1.82, 2.24) is 4.98 Å². The molecule has 0 fully saturated rings. The van der Waals surface area contributed by atoms with E-state index >= 15 is 0 Å². The van der Waals surface area contributed by atoms with E-state index in [4.69, 9.17) is 4.98 Å². The van der Waals surface area contributed by atoms with Crippen molar-refractivity contribution in [3.63, 3.8) is 0 Å². The first-order chi connectivity index (χ1) is 10.2. The Labute approximate surface area is 132 Å². The zero-order valence-electron chi connectivity index (χ0n) is 12.2. The molecule has 0 aromatic heterocycles. The highest BCUT2D eigenvalue weighted by atomic mass is 32.2. The van der Waals surface area contributed by atoms with Gasteiger partial charge in [0.05, 0.1) is 25.7 Å². The molecule has 0 unspecified atom stereocenters. The number of aromatic nitrogens is 1. The Balaban J connectivity index is 2.21. The van der Waals surface area contributed by atoms with Crippen molar-refractivity contribution >= 4 is 33.3 Å². The first-order valence-corrected chi connectivity index (χ1v) is 8.97. The summed E-state index contributed by atoms with van der Waals surface area (Å²) in [6, 6.07) is 10.0. The summed E-state index contributed by atoms with van der Waals surface area (Å²) < 4.78 is 1.13. The number of aryl methyl sites for hydroxylation is 1. The van der Waals surface area contributed by atoms with Crippen LogP contribution in [0.2, 0.25) is 0 Å². The molecule has 0 atom stereocenters. The van der Waals surface area contributed by atoms with Crippen LogP contribution in [0.5, 0.6) is 0 Å². The fraction of sp³-hybridized carbons (Fsp3) is 0.294. The summed E-state index contributed by atoms with van der Waals surface area (Å²) >= 11 is 3.36. The lowest BCUT2D eigenvalue weighted by Crippen LogP contribution is -2.10. The number of nitrogens with zero attached hydrogens (tertiary/aromatic N) is 1. The average Bonchev–Trinajstić information content (AvgIpc) is 2.49. The van der Waals surface area contributed by atoms with Crippen LogP contribution in [0.4, 0.5) is 0 Å². The van der Waals surface area contributed by atoms with E-state index in [0.717, 1.165) is 49.8 Å². The number of benzene rings is 2. The first-order valence-electron chi connectivity index (χ1n) is 7.16. The molecule has 1 aromatic rings. The van der Waals surface area contributed by atoms with Crippen LogP contribution in [0.1, 0.15) is 25.3 Å². The highest BCUT2D eigenvalue weighted by molar-refractivity contribution is 7.99. The van der Waals surface area contributed by atoms with Crippen LogP contribution < -0.4 is 5.43 Å². The molecule has 1 aliphatic carbocycles.